The summed E-state index contributed by atoms with van der Waals surface area (Å²) in [6, 6.07) is 6.64. The van der Waals surface area contributed by atoms with Gasteiger partial charge in [0.05, 0.1) is 13.2 Å². The summed E-state index contributed by atoms with van der Waals surface area (Å²) in [4.78, 5) is 11.8. The van der Waals surface area contributed by atoms with E-state index >= 15 is 0 Å². The lowest BCUT2D eigenvalue weighted by Crippen LogP contribution is -2.46. The molecule has 1 aliphatic rings. The second-order valence-corrected chi connectivity index (χ2v) is 5.78. The molecule has 2 unspecified atom stereocenters. The molecule has 0 aliphatic heterocycles. The Hall–Kier alpha value is -1.76. The van der Waals surface area contributed by atoms with Crippen molar-refractivity contribution in [3.63, 3.8) is 0 Å². The molecule has 1 aromatic carbocycles. The van der Waals surface area contributed by atoms with Crippen LogP contribution >= 0.6 is 0 Å². The number of carbonyl (C=O) groups is 1. The van der Waals surface area contributed by atoms with Gasteiger partial charge < -0.3 is 10.1 Å². The quantitative estimate of drug-likeness (QED) is 0.808. The van der Waals surface area contributed by atoms with Crippen molar-refractivity contribution in [1.29, 1.82) is 0 Å². The van der Waals surface area contributed by atoms with Crippen molar-refractivity contribution < 1.29 is 22.7 Å². The largest absolute Gasteiger partial charge is 0.496 e. The lowest BCUT2D eigenvalue weighted by molar-refractivity contribution is -0.139. The van der Waals surface area contributed by atoms with Crippen LogP contribution in [0.15, 0.2) is 24.3 Å². The molecule has 0 radical (unpaired) electrons. The van der Waals surface area contributed by atoms with E-state index in [0.717, 1.165) is 18.4 Å². The third kappa shape index (κ3) is 5.13. The Kier molecular flexibility index (Phi) is 5.51. The van der Waals surface area contributed by atoms with E-state index in [2.05, 4.69) is 5.32 Å². The molecule has 1 fully saturated rings. The summed E-state index contributed by atoms with van der Waals surface area (Å²) >= 11 is 0. The molecular formula is C16H21F3N2O2. The molecule has 1 amide bonds. The summed E-state index contributed by atoms with van der Waals surface area (Å²) in [7, 11) is 1.57. The van der Waals surface area contributed by atoms with Gasteiger partial charge in [-0.05, 0) is 31.7 Å². The van der Waals surface area contributed by atoms with E-state index in [9.17, 15) is 18.0 Å². The van der Waals surface area contributed by atoms with Gasteiger partial charge in [0, 0.05) is 11.6 Å². The van der Waals surface area contributed by atoms with E-state index < -0.39 is 24.7 Å². The molecule has 1 aromatic rings. The Morgan fingerprint density at radius 1 is 1.35 bits per heavy atom. The van der Waals surface area contributed by atoms with Crippen LogP contribution in [0.4, 0.5) is 13.2 Å². The van der Waals surface area contributed by atoms with Gasteiger partial charge in [-0.15, -0.1) is 0 Å². The first-order valence-corrected chi connectivity index (χ1v) is 7.55. The summed E-state index contributed by atoms with van der Waals surface area (Å²) < 4.78 is 41.9. The number of halogens is 3. The van der Waals surface area contributed by atoms with Crippen molar-refractivity contribution in [2.45, 2.75) is 38.0 Å². The molecule has 7 heteroatoms. The molecular weight excluding hydrogens is 309 g/mol. The van der Waals surface area contributed by atoms with E-state index in [0.29, 0.717) is 11.7 Å². The minimum atomic E-state index is -4.41. The molecule has 0 aromatic heterocycles. The highest BCUT2D eigenvalue weighted by atomic mass is 19.4. The number of benzene rings is 1. The first-order chi connectivity index (χ1) is 10.8. The number of nitrogens with one attached hydrogen (secondary N) is 2. The average Bonchev–Trinajstić information content (AvgIpc) is 3.34. The van der Waals surface area contributed by atoms with E-state index in [1.54, 1.807) is 14.0 Å². The zero-order chi connectivity index (χ0) is 17.0. The molecule has 1 saturated carbocycles. The molecule has 1 aliphatic carbocycles. The number of amides is 1. The Morgan fingerprint density at radius 2 is 2.00 bits per heavy atom. The van der Waals surface area contributed by atoms with Gasteiger partial charge in [0.25, 0.3) is 0 Å². The van der Waals surface area contributed by atoms with Crippen LogP contribution in [-0.2, 0) is 4.79 Å². The van der Waals surface area contributed by atoms with Crippen molar-refractivity contribution >= 4 is 5.91 Å². The van der Waals surface area contributed by atoms with Crippen LogP contribution in [-0.4, -0.2) is 31.8 Å². The Morgan fingerprint density at radius 3 is 2.57 bits per heavy atom. The molecule has 0 heterocycles. The van der Waals surface area contributed by atoms with Crippen LogP contribution in [0.2, 0.25) is 0 Å². The molecule has 2 rings (SSSR count). The third-order valence-corrected chi connectivity index (χ3v) is 3.85. The zero-order valence-corrected chi connectivity index (χ0v) is 13.1. The lowest BCUT2D eigenvalue weighted by Gasteiger charge is -2.25. The van der Waals surface area contributed by atoms with Crippen molar-refractivity contribution in [1.82, 2.24) is 10.6 Å². The number of carbonyl (C=O) groups excluding carboxylic acids is 1. The number of para-hydroxylation sites is 1. The van der Waals surface area contributed by atoms with Crippen LogP contribution in [0.25, 0.3) is 0 Å². The first kappa shape index (κ1) is 17.6. The minimum Gasteiger partial charge on any atom is -0.496 e. The van der Waals surface area contributed by atoms with E-state index in [-0.39, 0.29) is 6.04 Å². The smallest absolute Gasteiger partial charge is 0.405 e. The maximum Gasteiger partial charge on any atom is 0.405 e. The Labute approximate surface area is 133 Å². The molecule has 0 spiro atoms. The maximum absolute atomic E-state index is 12.2. The Balaban J connectivity index is 2.03. The van der Waals surface area contributed by atoms with Gasteiger partial charge in [-0.1, -0.05) is 18.2 Å². The SMILES string of the molecule is COc1ccccc1C(NC(C)C(=O)NCC(F)(F)F)C1CC1. The fourth-order valence-electron chi connectivity index (χ4n) is 2.52. The van der Waals surface area contributed by atoms with Crippen LogP contribution in [0.1, 0.15) is 31.4 Å². The molecule has 0 saturated heterocycles. The van der Waals surface area contributed by atoms with Crippen LogP contribution < -0.4 is 15.4 Å². The van der Waals surface area contributed by atoms with Crippen molar-refractivity contribution in [3.8, 4) is 5.75 Å². The number of hydrogen-bond acceptors (Lipinski definition) is 3. The number of ether oxygens (including phenoxy) is 1. The van der Waals surface area contributed by atoms with Crippen molar-refractivity contribution in [2.75, 3.05) is 13.7 Å². The number of alkyl halides is 3. The molecule has 128 valence electrons. The van der Waals surface area contributed by atoms with Crippen molar-refractivity contribution in [3.05, 3.63) is 29.8 Å². The van der Waals surface area contributed by atoms with Gasteiger partial charge in [-0.3, -0.25) is 10.1 Å². The summed E-state index contributed by atoms with van der Waals surface area (Å²) in [5.41, 5.74) is 0.924. The van der Waals surface area contributed by atoms with E-state index in [1.807, 2.05) is 29.6 Å². The lowest BCUT2D eigenvalue weighted by atomic mass is 10.00. The second kappa shape index (κ2) is 7.21. The summed E-state index contributed by atoms with van der Waals surface area (Å²) in [5, 5.41) is 5.06. The average molecular weight is 330 g/mol. The van der Waals surface area contributed by atoms with Gasteiger partial charge in [0.2, 0.25) is 5.91 Å². The van der Waals surface area contributed by atoms with E-state index in [4.69, 9.17) is 4.74 Å². The second-order valence-electron chi connectivity index (χ2n) is 5.78. The van der Waals surface area contributed by atoms with E-state index in [1.165, 1.54) is 0 Å². The summed E-state index contributed by atoms with van der Waals surface area (Å²) in [5.74, 6) is 0.409. The third-order valence-electron chi connectivity index (χ3n) is 3.85. The Bertz CT molecular complexity index is 544. The number of rotatable bonds is 7. The van der Waals surface area contributed by atoms with Gasteiger partial charge in [0.1, 0.15) is 12.3 Å². The highest BCUT2D eigenvalue weighted by Gasteiger charge is 2.36. The topological polar surface area (TPSA) is 50.4 Å². The van der Waals surface area contributed by atoms with Gasteiger partial charge >= 0.3 is 6.18 Å². The summed E-state index contributed by atoms with van der Waals surface area (Å²) in [6.07, 6.45) is -2.37. The predicted molar refractivity (Wildman–Crippen MR) is 80.1 cm³/mol. The monoisotopic (exact) mass is 330 g/mol. The maximum atomic E-state index is 12.2. The molecule has 0 bridgehead atoms. The number of hydrogen-bond donors (Lipinski definition) is 2. The zero-order valence-electron chi connectivity index (χ0n) is 13.1. The molecule has 23 heavy (non-hydrogen) atoms. The number of methoxy groups -OCH3 is 1. The minimum absolute atomic E-state index is 0.113. The van der Waals surface area contributed by atoms with Gasteiger partial charge in [0.15, 0.2) is 0 Å². The molecule has 2 N–H and O–H groups in total. The predicted octanol–water partition coefficient (Wildman–Crippen LogP) is 2.80. The normalized spacial score (nSPS) is 17.4. The highest BCUT2D eigenvalue weighted by Crippen LogP contribution is 2.43. The molecule has 4 nitrogen and oxygen atoms in total. The van der Waals surface area contributed by atoms with Gasteiger partial charge in [-0.25, -0.2) is 0 Å². The fourth-order valence-corrected chi connectivity index (χ4v) is 2.52. The first-order valence-electron chi connectivity index (χ1n) is 7.55. The van der Waals surface area contributed by atoms with Gasteiger partial charge in [-0.2, -0.15) is 13.2 Å². The van der Waals surface area contributed by atoms with Crippen LogP contribution in [0.5, 0.6) is 5.75 Å². The fraction of sp³-hybridized carbons (Fsp3) is 0.562. The van der Waals surface area contributed by atoms with Crippen LogP contribution in [0, 0.1) is 5.92 Å². The standard InChI is InChI=1S/C16H21F3N2O2/c1-10(15(22)20-9-16(17,18)19)21-14(11-7-8-11)12-5-3-4-6-13(12)23-2/h3-6,10-11,14,21H,7-9H2,1-2H3,(H,20,22). The summed E-state index contributed by atoms with van der Waals surface area (Å²) in [6.45, 7) is 0.247. The van der Waals surface area contributed by atoms with Crippen LogP contribution in [0.3, 0.4) is 0 Å². The highest BCUT2D eigenvalue weighted by molar-refractivity contribution is 5.81. The van der Waals surface area contributed by atoms with Crippen molar-refractivity contribution in [2.24, 2.45) is 5.92 Å². The molecule has 2 atom stereocenters.